The van der Waals surface area contributed by atoms with E-state index in [0.29, 0.717) is 13.1 Å². The molecule has 0 N–H and O–H groups in total. The number of benzene rings is 2. The number of esters is 1. The maximum Gasteiger partial charge on any atom is 0.306 e. The molecule has 1 saturated carbocycles. The minimum atomic E-state index is -0.318. The van der Waals surface area contributed by atoms with Crippen LogP contribution in [0.3, 0.4) is 0 Å². The minimum absolute atomic E-state index is 0.0126. The summed E-state index contributed by atoms with van der Waals surface area (Å²) in [4.78, 5) is 32.2. The van der Waals surface area contributed by atoms with Gasteiger partial charge in [-0.3, -0.25) is 9.59 Å². The number of methoxy groups -OCH3 is 2. The van der Waals surface area contributed by atoms with Gasteiger partial charge in [0, 0.05) is 64.3 Å². The molecule has 56 heavy (non-hydrogen) atoms. The van der Waals surface area contributed by atoms with Crippen molar-refractivity contribution in [3.05, 3.63) is 94.4 Å². The predicted molar refractivity (Wildman–Crippen MR) is 226 cm³/mol. The Labute approximate surface area is 335 Å². The van der Waals surface area contributed by atoms with Crippen molar-refractivity contribution >= 4 is 29.0 Å². The second kappa shape index (κ2) is 16.7. The molecule has 9 heteroatoms. The zero-order valence-corrected chi connectivity index (χ0v) is 35.5. The van der Waals surface area contributed by atoms with Gasteiger partial charge < -0.3 is 28.9 Å². The first kappa shape index (κ1) is 40.9. The number of ether oxygens (including phenoxy) is 3. The molecule has 0 radical (unpaired) electrons. The first-order chi connectivity index (χ1) is 26.7. The summed E-state index contributed by atoms with van der Waals surface area (Å²) in [6.45, 7) is 21.8. The van der Waals surface area contributed by atoms with Gasteiger partial charge in [-0.2, -0.15) is 0 Å². The van der Waals surface area contributed by atoms with E-state index >= 15 is 0 Å². The van der Waals surface area contributed by atoms with Crippen molar-refractivity contribution in [2.45, 2.75) is 104 Å². The Balaban J connectivity index is 1.38. The highest BCUT2D eigenvalue weighted by Crippen LogP contribution is 2.50. The third kappa shape index (κ3) is 7.91. The third-order valence-electron chi connectivity index (χ3n) is 12.1. The second-order valence-electron chi connectivity index (χ2n) is 16.6. The van der Waals surface area contributed by atoms with Gasteiger partial charge in [-0.15, -0.1) is 0 Å². The molecule has 2 aromatic carbocycles. The normalized spacial score (nSPS) is 21.7. The van der Waals surface area contributed by atoms with Gasteiger partial charge >= 0.3 is 5.97 Å². The van der Waals surface area contributed by atoms with Gasteiger partial charge in [0.15, 0.2) is 13.1 Å². The van der Waals surface area contributed by atoms with Gasteiger partial charge in [0.2, 0.25) is 11.6 Å². The molecular formula is C47H63N4O5+. The highest BCUT2D eigenvalue weighted by molar-refractivity contribution is 6.10. The number of piperazine rings is 1. The molecule has 300 valence electrons. The van der Waals surface area contributed by atoms with Gasteiger partial charge in [0.25, 0.3) is 0 Å². The highest BCUT2D eigenvalue weighted by Gasteiger charge is 2.41. The molecule has 0 spiro atoms. The van der Waals surface area contributed by atoms with Crippen LogP contribution in [0.5, 0.6) is 11.5 Å². The first-order valence-electron chi connectivity index (χ1n) is 20.6. The van der Waals surface area contributed by atoms with E-state index in [0.717, 1.165) is 56.9 Å². The molecule has 0 unspecified atom stereocenters. The van der Waals surface area contributed by atoms with Crippen molar-refractivity contribution in [1.29, 1.82) is 0 Å². The molecule has 0 bridgehead atoms. The molecule has 0 atom stereocenters. The number of hydrogen-bond donors (Lipinski definition) is 0. The Hall–Kier alpha value is -4.79. The zero-order chi connectivity index (χ0) is 40.4. The van der Waals surface area contributed by atoms with Crippen molar-refractivity contribution in [3.8, 4) is 11.5 Å². The summed E-state index contributed by atoms with van der Waals surface area (Å²) in [5, 5.41) is 0. The highest BCUT2D eigenvalue weighted by atomic mass is 16.5. The van der Waals surface area contributed by atoms with Crippen molar-refractivity contribution in [2.24, 2.45) is 0 Å². The number of rotatable bonds is 10. The fourth-order valence-corrected chi connectivity index (χ4v) is 9.11. The van der Waals surface area contributed by atoms with Crippen molar-refractivity contribution in [3.63, 3.8) is 0 Å². The van der Waals surface area contributed by atoms with Crippen molar-refractivity contribution in [2.75, 3.05) is 63.3 Å². The van der Waals surface area contributed by atoms with E-state index in [1.165, 1.54) is 50.8 Å². The van der Waals surface area contributed by atoms with E-state index in [4.69, 9.17) is 14.2 Å². The summed E-state index contributed by atoms with van der Waals surface area (Å²) in [6, 6.07) is 12.9. The van der Waals surface area contributed by atoms with Crippen LogP contribution in [0.2, 0.25) is 0 Å². The van der Waals surface area contributed by atoms with Crippen LogP contribution in [0.4, 0.5) is 11.4 Å². The first-order valence-corrected chi connectivity index (χ1v) is 20.6. The lowest BCUT2D eigenvalue weighted by molar-refractivity contribution is -0.537. The maximum atomic E-state index is 13.2. The monoisotopic (exact) mass is 763 g/mol. The van der Waals surface area contributed by atoms with Crippen LogP contribution < -0.4 is 19.3 Å². The van der Waals surface area contributed by atoms with Crippen LogP contribution in [-0.4, -0.2) is 86.7 Å². The molecule has 2 aromatic rings. The SMILES string of the molecule is CCN1C(=CC=C2CCC/C(=C\C=C3\N(CC)c4ccc(OC)cc4C3(C)C)C2=[N+]2CCN(C(=O)CCC(=O)OC(C)C)CC2)C(C)(C)c2cc(OC)ccc21. The summed E-state index contributed by atoms with van der Waals surface area (Å²) in [5.74, 6) is 1.45. The maximum absolute atomic E-state index is 13.2. The molecule has 6 rings (SSSR count). The average molecular weight is 764 g/mol. The summed E-state index contributed by atoms with van der Waals surface area (Å²) in [5.41, 5.74) is 11.1. The Morgan fingerprint density at radius 3 is 1.66 bits per heavy atom. The summed E-state index contributed by atoms with van der Waals surface area (Å²) in [7, 11) is 3.46. The Morgan fingerprint density at radius 2 is 1.23 bits per heavy atom. The topological polar surface area (TPSA) is 74.6 Å². The van der Waals surface area contributed by atoms with Gasteiger partial charge in [-0.1, -0.05) is 39.8 Å². The number of nitrogens with zero attached hydrogens (tertiary/aromatic N) is 4. The van der Waals surface area contributed by atoms with E-state index < -0.39 is 0 Å². The summed E-state index contributed by atoms with van der Waals surface area (Å²) >= 11 is 0. The summed E-state index contributed by atoms with van der Waals surface area (Å²) in [6.07, 6.45) is 12.6. The Kier molecular flexibility index (Phi) is 12.2. The van der Waals surface area contributed by atoms with Crippen LogP contribution in [-0.2, 0) is 25.2 Å². The molecule has 2 fully saturated rings. The van der Waals surface area contributed by atoms with Crippen molar-refractivity contribution < 1.29 is 28.4 Å². The molecule has 1 saturated heterocycles. The largest absolute Gasteiger partial charge is 0.497 e. The quantitative estimate of drug-likeness (QED) is 0.178. The number of amides is 1. The van der Waals surface area contributed by atoms with Crippen LogP contribution in [0.25, 0.3) is 0 Å². The Bertz CT molecular complexity index is 1880. The fraction of sp³-hybridized carbons (Fsp3) is 0.511. The zero-order valence-electron chi connectivity index (χ0n) is 35.5. The molecule has 9 nitrogen and oxygen atoms in total. The lowest BCUT2D eigenvalue weighted by Gasteiger charge is -2.29. The fourth-order valence-electron chi connectivity index (χ4n) is 9.11. The number of fused-ring (bicyclic) bond motifs is 2. The molecule has 1 aliphatic carbocycles. The number of allylic oxidation sites excluding steroid dienone is 8. The van der Waals surface area contributed by atoms with Crippen LogP contribution in [0, 0.1) is 0 Å². The molecule has 0 aromatic heterocycles. The van der Waals surface area contributed by atoms with Crippen LogP contribution in [0.1, 0.15) is 98.6 Å². The number of likely N-dealkylation sites (N-methyl/N-ethyl adjacent to an activating group) is 2. The Morgan fingerprint density at radius 1 is 0.750 bits per heavy atom. The third-order valence-corrected chi connectivity index (χ3v) is 12.1. The number of carbonyl (C=O) groups excluding carboxylic acids is 2. The van der Waals surface area contributed by atoms with Gasteiger partial charge in [0.05, 0.1) is 39.8 Å². The van der Waals surface area contributed by atoms with Crippen LogP contribution >= 0.6 is 0 Å². The number of anilines is 2. The lowest BCUT2D eigenvalue weighted by Crippen LogP contribution is -2.47. The second-order valence-corrected chi connectivity index (χ2v) is 16.6. The smallest absolute Gasteiger partial charge is 0.306 e. The molecule has 4 aliphatic rings. The average Bonchev–Trinajstić information content (AvgIpc) is 3.54. The van der Waals surface area contributed by atoms with Gasteiger partial charge in [0.1, 0.15) is 11.5 Å². The van der Waals surface area contributed by atoms with Gasteiger partial charge in [-0.05, 0) is 107 Å². The van der Waals surface area contributed by atoms with Crippen LogP contribution in [0.15, 0.2) is 83.2 Å². The number of carbonyl (C=O) groups is 2. The van der Waals surface area contributed by atoms with E-state index in [2.05, 4.69) is 117 Å². The molecule has 3 aliphatic heterocycles. The minimum Gasteiger partial charge on any atom is -0.497 e. The lowest BCUT2D eigenvalue weighted by atomic mass is 9.82. The van der Waals surface area contributed by atoms with E-state index in [1.54, 1.807) is 14.2 Å². The van der Waals surface area contributed by atoms with Crippen molar-refractivity contribution in [1.82, 2.24) is 4.90 Å². The van der Waals surface area contributed by atoms with E-state index in [-0.39, 0.29) is 41.7 Å². The molecule has 1 amide bonds. The molecule has 3 heterocycles. The molecular weight excluding hydrogens is 701 g/mol. The predicted octanol–water partition coefficient (Wildman–Crippen LogP) is 8.47. The van der Waals surface area contributed by atoms with E-state index in [1.807, 2.05) is 18.7 Å². The summed E-state index contributed by atoms with van der Waals surface area (Å²) < 4.78 is 19.1. The number of hydrogen-bond acceptors (Lipinski definition) is 7. The van der Waals surface area contributed by atoms with E-state index in [9.17, 15) is 9.59 Å². The standard InChI is InChI=1S/C47H63N4O5/c1-11-50-39-20-18-35(54-9)30-37(39)46(5,6)41(50)22-16-33-14-13-15-34(17-23-42-47(7,8)38-31-36(55-10)19-21-40(38)51(42)12-2)45(33)49-28-26-48(27-29-49)43(52)24-25-44(53)56-32(3)4/h16-23,30-32H,11-15,24-29H2,1-10H3/q+1. The van der Waals surface area contributed by atoms with Gasteiger partial charge in [-0.25, -0.2) is 4.58 Å².